The Hall–Kier alpha value is -9.22. The summed E-state index contributed by atoms with van der Waals surface area (Å²) < 4.78 is 4.72. The van der Waals surface area contributed by atoms with Crippen LogP contribution in [0.25, 0.3) is 111 Å². The fraction of sp³-hybridized carbons (Fsp3) is 0.127. The quantitative estimate of drug-likeness (QED) is 0.160. The molecule has 0 spiro atoms. The zero-order valence-corrected chi connectivity index (χ0v) is 44.0. The molecule has 0 saturated carbocycles. The molecule has 0 amide bonds. The molecular formula is C71H56N4. The van der Waals surface area contributed by atoms with Gasteiger partial charge in [0.15, 0.2) is 0 Å². The van der Waals surface area contributed by atoms with Gasteiger partial charge in [0.1, 0.15) is 0 Å². The number of benzene rings is 10. The normalized spacial score (nSPS) is 11.5. The molecule has 12 aromatic rings. The van der Waals surface area contributed by atoms with Crippen molar-refractivity contribution in [3.05, 3.63) is 237 Å². The maximum atomic E-state index is 11.2. The van der Waals surface area contributed by atoms with Gasteiger partial charge in [-0.3, -0.25) is 0 Å². The first-order chi connectivity index (χ1) is 36.2. The Labute approximate surface area is 439 Å². The molecule has 0 aliphatic heterocycles. The van der Waals surface area contributed by atoms with Crippen LogP contribution in [-0.4, -0.2) is 9.13 Å². The molecule has 4 heteroatoms. The van der Waals surface area contributed by atoms with Crippen LogP contribution in [-0.2, 0) is 0 Å². The van der Waals surface area contributed by atoms with Crippen molar-refractivity contribution in [2.24, 2.45) is 0 Å². The van der Waals surface area contributed by atoms with Gasteiger partial charge in [-0.15, -0.1) is 0 Å². The Kier molecular flexibility index (Phi) is 11.3. The third kappa shape index (κ3) is 8.36. The molecule has 0 unspecified atom stereocenters. The molecule has 0 aliphatic carbocycles. The Morgan fingerprint density at radius 3 is 0.787 bits per heavy atom. The van der Waals surface area contributed by atoms with Gasteiger partial charge in [0.2, 0.25) is 0 Å². The molecule has 0 fully saturated rings. The summed E-state index contributed by atoms with van der Waals surface area (Å²) in [6.07, 6.45) is 0. The van der Waals surface area contributed by atoms with Crippen LogP contribution in [0.2, 0.25) is 0 Å². The molecule has 75 heavy (non-hydrogen) atoms. The van der Waals surface area contributed by atoms with Crippen molar-refractivity contribution >= 4 is 43.6 Å². The number of hydrogen-bond donors (Lipinski definition) is 0. The van der Waals surface area contributed by atoms with Crippen molar-refractivity contribution in [2.75, 3.05) is 0 Å². The van der Waals surface area contributed by atoms with Crippen LogP contribution in [0.3, 0.4) is 0 Å². The standard InChI is InChI=1S/C71H56N4/c1-41-18-42(2)24-56(23-41)52-10-14-65-61(35-52)62-36-53(57-25-43(3)19-44(4)26-57)11-15-66(62)74(65)69-33-51(40-73)34-70(71(69)60-31-49(9)22-50(32-60)39-72)75-67-16-12-54(58-27-45(5)20-46(6)28-58)37-63(67)64-38-55(13-17-68(64)75)59-29-47(7)21-48(8)30-59/h10-38H,1-9H3. The molecule has 4 nitrogen and oxygen atoms in total. The van der Waals surface area contributed by atoms with E-state index < -0.39 is 0 Å². The highest BCUT2D eigenvalue weighted by Gasteiger charge is 2.25. The third-order valence-corrected chi connectivity index (χ3v) is 15.0. The van der Waals surface area contributed by atoms with E-state index in [1.54, 1.807) is 0 Å². The zero-order chi connectivity index (χ0) is 52.0. The molecule has 12 rings (SSSR count). The van der Waals surface area contributed by atoms with Gasteiger partial charge in [-0.1, -0.05) is 148 Å². The van der Waals surface area contributed by atoms with Gasteiger partial charge >= 0.3 is 0 Å². The Bertz CT molecular complexity index is 3940. The zero-order valence-electron chi connectivity index (χ0n) is 44.0. The Morgan fingerprint density at radius 1 is 0.253 bits per heavy atom. The van der Waals surface area contributed by atoms with Gasteiger partial charge in [-0.05, 0) is 191 Å². The second kappa shape index (κ2) is 18.1. The predicted molar refractivity (Wildman–Crippen MR) is 314 cm³/mol. The highest BCUT2D eigenvalue weighted by atomic mass is 15.0. The smallest absolute Gasteiger partial charge is 0.0993 e. The Morgan fingerprint density at radius 2 is 0.507 bits per heavy atom. The lowest BCUT2D eigenvalue weighted by Gasteiger charge is -2.21. The van der Waals surface area contributed by atoms with Gasteiger partial charge in [-0.25, -0.2) is 0 Å². The second-order valence-corrected chi connectivity index (χ2v) is 21.3. The van der Waals surface area contributed by atoms with Gasteiger partial charge < -0.3 is 9.13 Å². The fourth-order valence-corrected chi connectivity index (χ4v) is 12.2. The van der Waals surface area contributed by atoms with Crippen LogP contribution < -0.4 is 0 Å². The summed E-state index contributed by atoms with van der Waals surface area (Å²) in [7, 11) is 0. The summed E-state index contributed by atoms with van der Waals surface area (Å²) >= 11 is 0. The fourth-order valence-electron chi connectivity index (χ4n) is 12.2. The summed E-state index contributed by atoms with van der Waals surface area (Å²) in [4.78, 5) is 0. The monoisotopic (exact) mass is 964 g/mol. The molecule has 2 aromatic heterocycles. The largest absolute Gasteiger partial charge is 0.308 e. The summed E-state index contributed by atoms with van der Waals surface area (Å²) in [6, 6.07) is 69.7. The van der Waals surface area contributed by atoms with E-state index in [4.69, 9.17) is 0 Å². The van der Waals surface area contributed by atoms with E-state index in [9.17, 15) is 10.5 Å². The molecule has 0 radical (unpaired) electrons. The van der Waals surface area contributed by atoms with E-state index >= 15 is 0 Å². The SMILES string of the molecule is Cc1cc(C)cc(-c2ccc3c(c2)c2cc(-c4cc(C)cc(C)c4)ccc2n3-c2cc(C#N)cc(-n3c4ccc(-c5cc(C)cc(C)c5)cc4c4cc(-c5cc(C)cc(C)c5)ccc43)c2-c2cc(C)cc(C#N)c2)c1. The number of nitriles is 2. The van der Waals surface area contributed by atoms with Gasteiger partial charge in [0.05, 0.1) is 56.7 Å². The van der Waals surface area contributed by atoms with Crippen molar-refractivity contribution in [1.82, 2.24) is 9.13 Å². The van der Waals surface area contributed by atoms with Crippen molar-refractivity contribution in [3.63, 3.8) is 0 Å². The number of nitrogens with zero attached hydrogens (tertiary/aromatic N) is 4. The number of fused-ring (bicyclic) bond motifs is 6. The number of aromatic nitrogens is 2. The first kappa shape index (κ1) is 46.8. The topological polar surface area (TPSA) is 57.4 Å². The maximum absolute atomic E-state index is 11.2. The molecule has 0 bridgehead atoms. The van der Waals surface area contributed by atoms with Gasteiger partial charge in [0, 0.05) is 27.1 Å². The minimum absolute atomic E-state index is 0.527. The van der Waals surface area contributed by atoms with Crippen LogP contribution in [0.4, 0.5) is 0 Å². The van der Waals surface area contributed by atoms with E-state index in [1.165, 1.54) is 66.8 Å². The van der Waals surface area contributed by atoms with Gasteiger partial charge in [-0.2, -0.15) is 10.5 Å². The van der Waals surface area contributed by atoms with E-state index in [2.05, 4.69) is 235 Å². The molecule has 360 valence electrons. The molecule has 0 N–H and O–H groups in total. The average molecular weight is 965 g/mol. The number of rotatable bonds is 7. The van der Waals surface area contributed by atoms with Crippen molar-refractivity contribution in [1.29, 1.82) is 10.5 Å². The lowest BCUT2D eigenvalue weighted by atomic mass is 9.95. The van der Waals surface area contributed by atoms with Crippen LogP contribution in [0.15, 0.2) is 176 Å². The molecule has 2 heterocycles. The number of hydrogen-bond acceptors (Lipinski definition) is 2. The lowest BCUT2D eigenvalue weighted by molar-refractivity contribution is 1.13. The van der Waals surface area contributed by atoms with Crippen molar-refractivity contribution in [3.8, 4) is 79.1 Å². The maximum Gasteiger partial charge on any atom is 0.0993 e. The third-order valence-electron chi connectivity index (χ3n) is 15.0. The molecule has 0 saturated heterocycles. The summed E-state index contributed by atoms with van der Waals surface area (Å²) in [6.45, 7) is 19.3. The van der Waals surface area contributed by atoms with E-state index in [0.29, 0.717) is 11.1 Å². The first-order valence-electron chi connectivity index (χ1n) is 25.8. The minimum atomic E-state index is 0.527. The average Bonchev–Trinajstić information content (AvgIpc) is 3.92. The minimum Gasteiger partial charge on any atom is -0.308 e. The van der Waals surface area contributed by atoms with E-state index in [1.807, 2.05) is 24.3 Å². The van der Waals surface area contributed by atoms with Crippen LogP contribution in [0.1, 0.15) is 61.2 Å². The van der Waals surface area contributed by atoms with Crippen LogP contribution >= 0.6 is 0 Å². The molecule has 0 aliphatic rings. The first-order valence-corrected chi connectivity index (χ1v) is 25.8. The highest BCUT2D eigenvalue weighted by molar-refractivity contribution is 6.14. The van der Waals surface area contributed by atoms with E-state index in [0.717, 1.165) is 93.9 Å². The molecule has 10 aromatic carbocycles. The summed E-state index contributed by atoms with van der Waals surface area (Å²) in [5, 5.41) is 26.3. The Balaban J connectivity index is 1.21. The van der Waals surface area contributed by atoms with Gasteiger partial charge in [0.25, 0.3) is 0 Å². The molecular weight excluding hydrogens is 909 g/mol. The molecule has 0 atom stereocenters. The van der Waals surface area contributed by atoms with Crippen LogP contribution in [0, 0.1) is 85.0 Å². The lowest BCUT2D eigenvalue weighted by Crippen LogP contribution is -2.05. The van der Waals surface area contributed by atoms with Crippen molar-refractivity contribution in [2.45, 2.75) is 62.3 Å². The summed E-state index contributed by atoms with van der Waals surface area (Å²) in [5.74, 6) is 0. The van der Waals surface area contributed by atoms with Crippen LogP contribution in [0.5, 0.6) is 0 Å². The van der Waals surface area contributed by atoms with E-state index in [-0.39, 0.29) is 0 Å². The van der Waals surface area contributed by atoms with Crippen molar-refractivity contribution < 1.29 is 0 Å². The second-order valence-electron chi connectivity index (χ2n) is 21.3. The predicted octanol–water partition coefficient (Wildman–Crippen LogP) is 18.7. The number of aryl methyl sites for hydroxylation is 9. The summed E-state index contributed by atoms with van der Waals surface area (Å²) in [5.41, 5.74) is 28.7. The highest BCUT2D eigenvalue weighted by Crippen LogP contribution is 2.46.